The number of hydrogen-bond acceptors (Lipinski definition) is 4. The molecule has 1 aliphatic rings. The summed E-state index contributed by atoms with van der Waals surface area (Å²) >= 11 is 0. The second kappa shape index (κ2) is 8.62. The van der Waals surface area contributed by atoms with E-state index in [2.05, 4.69) is 35.1 Å². The molecule has 0 unspecified atom stereocenters. The molecule has 0 spiro atoms. The summed E-state index contributed by atoms with van der Waals surface area (Å²) in [6.45, 7) is 7.18. The van der Waals surface area contributed by atoms with Crippen molar-refractivity contribution >= 4 is 22.7 Å². The fourth-order valence-corrected chi connectivity index (χ4v) is 3.73. The van der Waals surface area contributed by atoms with E-state index in [9.17, 15) is 4.79 Å². The van der Waals surface area contributed by atoms with Crippen molar-refractivity contribution in [2.75, 3.05) is 25.0 Å². The maximum absolute atomic E-state index is 12.7. The van der Waals surface area contributed by atoms with Gasteiger partial charge >= 0.3 is 0 Å². The smallest absolute Gasteiger partial charge is 0.227 e. The Morgan fingerprint density at radius 2 is 1.90 bits per heavy atom. The lowest BCUT2D eigenvalue weighted by Crippen LogP contribution is -2.38. The summed E-state index contributed by atoms with van der Waals surface area (Å²) in [6, 6.07) is 15.4. The van der Waals surface area contributed by atoms with Gasteiger partial charge in [0.05, 0.1) is 0 Å². The second-order valence-corrected chi connectivity index (χ2v) is 7.74. The number of rotatable bonds is 5. The maximum atomic E-state index is 12.7. The highest BCUT2D eigenvalue weighted by atomic mass is 16.3. The molecule has 1 N–H and O–H groups in total. The molecule has 0 saturated carbocycles. The standard InChI is InChI=1S/C24H27N3O2/c1-3-17(2)16-27-14-12-18(13-15-27)23(28)25-20-10-8-19(9-11-20)24-26-21-6-4-5-7-22(21)29-24/h3-11,18H,12-16H2,1-2H3,(H,25,28). The molecule has 3 aromatic rings. The zero-order valence-corrected chi connectivity index (χ0v) is 17.0. The molecule has 2 aromatic carbocycles. The topological polar surface area (TPSA) is 58.4 Å². The number of carbonyl (C=O) groups excluding carboxylic acids is 1. The maximum Gasteiger partial charge on any atom is 0.227 e. The second-order valence-electron chi connectivity index (χ2n) is 7.74. The quantitative estimate of drug-likeness (QED) is 0.616. The molecule has 2 heterocycles. The molecule has 1 amide bonds. The zero-order valence-electron chi connectivity index (χ0n) is 17.0. The summed E-state index contributed by atoms with van der Waals surface area (Å²) in [5.41, 5.74) is 4.70. The SMILES string of the molecule is CC=C(C)CN1CCC(C(=O)Nc2ccc(-c3nc4ccccc4o3)cc2)CC1. The monoisotopic (exact) mass is 389 g/mol. The number of benzene rings is 2. The average Bonchev–Trinajstić information content (AvgIpc) is 3.19. The van der Waals surface area contributed by atoms with Gasteiger partial charge in [-0.1, -0.05) is 23.8 Å². The fourth-order valence-electron chi connectivity index (χ4n) is 3.73. The van der Waals surface area contributed by atoms with Crippen molar-refractivity contribution in [2.24, 2.45) is 5.92 Å². The van der Waals surface area contributed by atoms with Gasteiger partial charge in [0.25, 0.3) is 0 Å². The first-order chi connectivity index (χ1) is 14.1. The molecular formula is C24H27N3O2. The van der Waals surface area contributed by atoms with E-state index in [0.717, 1.165) is 54.8 Å². The van der Waals surface area contributed by atoms with E-state index < -0.39 is 0 Å². The molecule has 150 valence electrons. The first-order valence-electron chi connectivity index (χ1n) is 10.2. The molecule has 0 radical (unpaired) electrons. The first kappa shape index (κ1) is 19.4. The van der Waals surface area contributed by atoms with Crippen molar-refractivity contribution in [3.8, 4) is 11.5 Å². The van der Waals surface area contributed by atoms with E-state index in [4.69, 9.17) is 4.42 Å². The van der Waals surface area contributed by atoms with Gasteiger partial charge in [-0.25, -0.2) is 4.98 Å². The van der Waals surface area contributed by atoms with Gasteiger partial charge in [0.1, 0.15) is 5.52 Å². The third-order valence-corrected chi connectivity index (χ3v) is 5.62. The Morgan fingerprint density at radius 3 is 2.59 bits per heavy atom. The van der Waals surface area contributed by atoms with Crippen LogP contribution in [0.2, 0.25) is 0 Å². The summed E-state index contributed by atoms with van der Waals surface area (Å²) < 4.78 is 5.81. The Bertz CT molecular complexity index is 979. The van der Waals surface area contributed by atoms with Crippen molar-refractivity contribution in [3.63, 3.8) is 0 Å². The Kier molecular flexibility index (Phi) is 5.76. The van der Waals surface area contributed by atoms with Gasteiger partial charge in [-0.15, -0.1) is 0 Å². The average molecular weight is 389 g/mol. The molecule has 0 bridgehead atoms. The van der Waals surface area contributed by atoms with Crippen LogP contribution in [0.1, 0.15) is 26.7 Å². The van der Waals surface area contributed by atoms with Crippen LogP contribution < -0.4 is 5.32 Å². The molecule has 5 nitrogen and oxygen atoms in total. The number of anilines is 1. The van der Waals surface area contributed by atoms with Crippen LogP contribution in [-0.2, 0) is 4.79 Å². The number of piperidine rings is 1. The molecule has 1 saturated heterocycles. The van der Waals surface area contributed by atoms with Gasteiger partial charge in [0.15, 0.2) is 5.58 Å². The summed E-state index contributed by atoms with van der Waals surface area (Å²) in [5.74, 6) is 0.781. The minimum atomic E-state index is 0.0777. The minimum Gasteiger partial charge on any atom is -0.436 e. The molecule has 1 aliphatic heterocycles. The van der Waals surface area contributed by atoms with Crippen LogP contribution >= 0.6 is 0 Å². The number of carbonyl (C=O) groups is 1. The number of amides is 1. The predicted molar refractivity (Wildman–Crippen MR) is 117 cm³/mol. The molecule has 5 heteroatoms. The van der Waals surface area contributed by atoms with Crippen molar-refractivity contribution in [3.05, 3.63) is 60.2 Å². The molecule has 1 aromatic heterocycles. The summed E-state index contributed by atoms with van der Waals surface area (Å²) in [4.78, 5) is 19.6. The number of likely N-dealkylation sites (tertiary alicyclic amines) is 1. The predicted octanol–water partition coefficient (Wildman–Crippen LogP) is 5.11. The third-order valence-electron chi connectivity index (χ3n) is 5.62. The number of nitrogens with zero attached hydrogens (tertiary/aromatic N) is 2. The highest BCUT2D eigenvalue weighted by Gasteiger charge is 2.25. The van der Waals surface area contributed by atoms with Gasteiger partial charge in [-0.2, -0.15) is 0 Å². The van der Waals surface area contributed by atoms with E-state index >= 15 is 0 Å². The van der Waals surface area contributed by atoms with Crippen LogP contribution in [0.3, 0.4) is 0 Å². The van der Waals surface area contributed by atoms with Crippen LogP contribution in [0.5, 0.6) is 0 Å². The molecule has 0 atom stereocenters. The van der Waals surface area contributed by atoms with Crippen LogP contribution in [0.4, 0.5) is 5.69 Å². The largest absolute Gasteiger partial charge is 0.436 e. The number of aromatic nitrogens is 1. The molecule has 4 rings (SSSR count). The lowest BCUT2D eigenvalue weighted by atomic mass is 9.95. The summed E-state index contributed by atoms with van der Waals surface area (Å²) in [7, 11) is 0. The number of hydrogen-bond donors (Lipinski definition) is 1. The van der Waals surface area contributed by atoms with E-state index in [-0.39, 0.29) is 11.8 Å². The van der Waals surface area contributed by atoms with E-state index in [1.807, 2.05) is 48.5 Å². The Labute approximate surface area is 171 Å². The number of nitrogens with one attached hydrogen (secondary N) is 1. The molecule has 1 fully saturated rings. The fraction of sp³-hybridized carbons (Fsp3) is 0.333. The van der Waals surface area contributed by atoms with Crippen LogP contribution in [0, 0.1) is 5.92 Å². The minimum absolute atomic E-state index is 0.0777. The van der Waals surface area contributed by atoms with Gasteiger partial charge < -0.3 is 9.73 Å². The van der Waals surface area contributed by atoms with Gasteiger partial charge in [0.2, 0.25) is 11.8 Å². The van der Waals surface area contributed by atoms with E-state index in [1.54, 1.807) is 0 Å². The van der Waals surface area contributed by atoms with Crippen LogP contribution in [-0.4, -0.2) is 35.4 Å². The lowest BCUT2D eigenvalue weighted by Gasteiger charge is -2.31. The Morgan fingerprint density at radius 1 is 1.17 bits per heavy atom. The summed E-state index contributed by atoms with van der Waals surface area (Å²) in [6.07, 6.45) is 3.97. The van der Waals surface area contributed by atoms with Crippen molar-refractivity contribution in [2.45, 2.75) is 26.7 Å². The van der Waals surface area contributed by atoms with Crippen molar-refractivity contribution in [1.82, 2.24) is 9.88 Å². The molecule has 29 heavy (non-hydrogen) atoms. The number of oxazole rings is 1. The highest BCUT2D eigenvalue weighted by Crippen LogP contribution is 2.26. The molecule has 0 aliphatic carbocycles. The Hall–Kier alpha value is -2.92. The van der Waals surface area contributed by atoms with Gasteiger partial charge in [-0.05, 0) is 76.2 Å². The Balaban J connectivity index is 1.35. The van der Waals surface area contributed by atoms with Crippen molar-refractivity contribution in [1.29, 1.82) is 0 Å². The van der Waals surface area contributed by atoms with E-state index in [0.29, 0.717) is 5.89 Å². The first-order valence-corrected chi connectivity index (χ1v) is 10.2. The van der Waals surface area contributed by atoms with Gasteiger partial charge in [-0.3, -0.25) is 9.69 Å². The summed E-state index contributed by atoms with van der Waals surface area (Å²) in [5, 5.41) is 3.06. The van der Waals surface area contributed by atoms with E-state index in [1.165, 1.54) is 5.57 Å². The lowest BCUT2D eigenvalue weighted by molar-refractivity contribution is -0.121. The zero-order chi connectivity index (χ0) is 20.2. The normalized spacial score (nSPS) is 16.3. The third kappa shape index (κ3) is 4.57. The van der Waals surface area contributed by atoms with Crippen molar-refractivity contribution < 1.29 is 9.21 Å². The molecular weight excluding hydrogens is 362 g/mol. The number of fused-ring (bicyclic) bond motifs is 1. The number of para-hydroxylation sites is 2. The number of allylic oxidation sites excluding steroid dienone is 1. The highest BCUT2D eigenvalue weighted by molar-refractivity contribution is 5.92. The van der Waals surface area contributed by atoms with Crippen LogP contribution in [0.15, 0.2) is 64.6 Å². The van der Waals surface area contributed by atoms with Gasteiger partial charge in [0, 0.05) is 23.7 Å². The van der Waals surface area contributed by atoms with Crippen LogP contribution in [0.25, 0.3) is 22.6 Å².